The van der Waals surface area contributed by atoms with Gasteiger partial charge in [-0.25, -0.2) is 0 Å². The molecule has 1 atom stereocenters. The van der Waals surface area contributed by atoms with Crippen LogP contribution in [0.25, 0.3) is 11.3 Å². The van der Waals surface area contributed by atoms with E-state index in [0.717, 1.165) is 31.4 Å². The molecule has 0 fully saturated rings. The van der Waals surface area contributed by atoms with Crippen LogP contribution in [-0.2, 0) is 6.42 Å². The third-order valence-corrected chi connectivity index (χ3v) is 5.92. The van der Waals surface area contributed by atoms with Crippen molar-refractivity contribution < 1.29 is 9.47 Å². The van der Waals surface area contributed by atoms with Gasteiger partial charge in [-0.1, -0.05) is 52.0 Å². The lowest BCUT2D eigenvalue weighted by Gasteiger charge is -2.21. The summed E-state index contributed by atoms with van der Waals surface area (Å²) in [5, 5.41) is 9.16. The Hall–Kier alpha value is -1.64. The number of halogens is 2. The van der Waals surface area contributed by atoms with Crippen LogP contribution in [0.1, 0.15) is 17.2 Å². The number of nitrogens with zero attached hydrogens (tertiary/aromatic N) is 3. The minimum atomic E-state index is -0.275. The molecule has 2 aromatic carbocycles. The molecule has 0 aliphatic carbocycles. The second kappa shape index (κ2) is 7.77. The molecule has 1 aliphatic heterocycles. The number of thioether (sulfide) groups is 1. The number of rotatable bonds is 3. The topological polar surface area (TPSA) is 57.1 Å². The smallest absolute Gasteiger partial charge is 0.245 e. The van der Waals surface area contributed by atoms with Crippen molar-refractivity contribution in [1.29, 1.82) is 0 Å². The summed E-state index contributed by atoms with van der Waals surface area (Å²) >= 11 is 8.58. The molecule has 1 aliphatic rings. The van der Waals surface area contributed by atoms with Gasteiger partial charge in [0.25, 0.3) is 0 Å². The molecular weight excluding hydrogens is 494 g/mol. The van der Waals surface area contributed by atoms with E-state index in [9.17, 15) is 0 Å². The van der Waals surface area contributed by atoms with Crippen molar-refractivity contribution in [3.63, 3.8) is 0 Å². The Labute approximate surface area is 178 Å². The molecule has 0 amide bonds. The number of benzene rings is 2. The maximum absolute atomic E-state index is 6.37. The second-order valence-corrected chi connectivity index (χ2v) is 8.47. The number of hydrogen-bond acceptors (Lipinski definition) is 6. The van der Waals surface area contributed by atoms with Crippen LogP contribution in [0.3, 0.4) is 0 Å². The lowest BCUT2D eigenvalue weighted by atomic mass is 9.97. The van der Waals surface area contributed by atoms with Gasteiger partial charge in [-0.15, -0.1) is 10.2 Å². The Morgan fingerprint density at radius 1 is 1.19 bits per heavy atom. The number of hydrogen-bond donors (Lipinski definition) is 0. The number of aromatic nitrogens is 3. The zero-order valence-electron chi connectivity index (χ0n) is 14.6. The van der Waals surface area contributed by atoms with Crippen LogP contribution in [0.15, 0.2) is 50.5 Å². The van der Waals surface area contributed by atoms with Crippen LogP contribution in [0.2, 0.25) is 0 Å². The minimum absolute atomic E-state index is 0.275. The van der Waals surface area contributed by atoms with Crippen molar-refractivity contribution in [2.24, 2.45) is 0 Å². The van der Waals surface area contributed by atoms with E-state index in [-0.39, 0.29) is 6.10 Å². The van der Waals surface area contributed by atoms with Crippen molar-refractivity contribution in [3.05, 3.63) is 56.5 Å². The highest BCUT2D eigenvalue weighted by atomic mass is 79.9. The molecule has 5 nitrogen and oxygen atoms in total. The van der Waals surface area contributed by atoms with Gasteiger partial charge in [0.1, 0.15) is 11.9 Å². The average molecular weight is 509 g/mol. The zero-order valence-corrected chi connectivity index (χ0v) is 18.6. The molecule has 0 bridgehead atoms. The Morgan fingerprint density at radius 2 is 2.00 bits per heavy atom. The lowest BCUT2D eigenvalue weighted by molar-refractivity contribution is 0.193. The minimum Gasteiger partial charge on any atom is -0.495 e. The third kappa shape index (κ3) is 3.58. The summed E-state index contributed by atoms with van der Waals surface area (Å²) < 4.78 is 13.8. The monoisotopic (exact) mass is 507 g/mol. The normalized spacial score (nSPS) is 15.3. The van der Waals surface area contributed by atoms with Crippen LogP contribution >= 0.6 is 43.6 Å². The fourth-order valence-electron chi connectivity index (χ4n) is 3.15. The Kier molecular flexibility index (Phi) is 5.39. The highest BCUT2D eigenvalue weighted by Crippen LogP contribution is 2.43. The molecule has 0 saturated heterocycles. The summed E-state index contributed by atoms with van der Waals surface area (Å²) in [6.07, 6.45) is 2.31. The molecule has 0 radical (unpaired) electrons. The third-order valence-electron chi connectivity index (χ3n) is 4.34. The first kappa shape index (κ1) is 18.7. The van der Waals surface area contributed by atoms with E-state index in [1.54, 1.807) is 7.11 Å². The summed E-state index contributed by atoms with van der Waals surface area (Å²) in [5.41, 5.74) is 3.73. The van der Waals surface area contributed by atoms with Gasteiger partial charge in [0.15, 0.2) is 5.69 Å². The SMILES string of the molecule is COc1c(Br)cc(Br)cc1C1Cc2ccccc2-c2nnc(SC)nc2O1. The van der Waals surface area contributed by atoms with E-state index in [2.05, 4.69) is 53.1 Å². The van der Waals surface area contributed by atoms with E-state index in [1.165, 1.54) is 11.8 Å². The molecule has 4 rings (SSSR count). The summed E-state index contributed by atoms with van der Waals surface area (Å²) in [4.78, 5) is 4.57. The summed E-state index contributed by atoms with van der Waals surface area (Å²) in [6.45, 7) is 0. The number of fused-ring (bicyclic) bond motifs is 3. The zero-order chi connectivity index (χ0) is 19.0. The van der Waals surface area contributed by atoms with Crippen molar-refractivity contribution >= 4 is 43.6 Å². The van der Waals surface area contributed by atoms with Crippen LogP contribution < -0.4 is 9.47 Å². The maximum Gasteiger partial charge on any atom is 0.245 e. The highest BCUT2D eigenvalue weighted by molar-refractivity contribution is 9.11. The van der Waals surface area contributed by atoms with Gasteiger partial charge in [0, 0.05) is 22.0 Å². The van der Waals surface area contributed by atoms with Crippen molar-refractivity contribution in [2.45, 2.75) is 17.7 Å². The summed E-state index contributed by atoms with van der Waals surface area (Å²) in [7, 11) is 1.66. The molecule has 0 spiro atoms. The summed E-state index contributed by atoms with van der Waals surface area (Å²) in [5.74, 6) is 1.23. The predicted octanol–water partition coefficient (Wildman–Crippen LogP) is 5.47. The fraction of sp³-hybridized carbons (Fsp3) is 0.211. The quantitative estimate of drug-likeness (QED) is 0.437. The van der Waals surface area contributed by atoms with Crippen molar-refractivity contribution in [2.75, 3.05) is 13.4 Å². The van der Waals surface area contributed by atoms with Crippen molar-refractivity contribution in [3.8, 4) is 22.9 Å². The van der Waals surface area contributed by atoms with Crippen LogP contribution in [0, 0.1) is 0 Å². The van der Waals surface area contributed by atoms with Gasteiger partial charge in [0.2, 0.25) is 11.0 Å². The lowest BCUT2D eigenvalue weighted by Crippen LogP contribution is -2.12. The van der Waals surface area contributed by atoms with E-state index < -0.39 is 0 Å². The maximum atomic E-state index is 6.37. The molecule has 8 heteroatoms. The fourth-order valence-corrected chi connectivity index (χ4v) is 4.87. The van der Waals surface area contributed by atoms with Gasteiger partial charge in [-0.05, 0) is 39.9 Å². The van der Waals surface area contributed by atoms with Gasteiger partial charge in [0.05, 0.1) is 11.6 Å². The Balaban J connectivity index is 1.90. The first-order chi connectivity index (χ1) is 13.1. The average Bonchev–Trinajstić information content (AvgIpc) is 2.83. The highest BCUT2D eigenvalue weighted by Gasteiger charge is 2.29. The molecule has 2 heterocycles. The molecule has 0 saturated carbocycles. The summed E-state index contributed by atoms with van der Waals surface area (Å²) in [6, 6.07) is 12.1. The molecule has 138 valence electrons. The van der Waals surface area contributed by atoms with Crippen LogP contribution in [0.5, 0.6) is 11.6 Å². The number of ether oxygens (including phenoxy) is 2. The first-order valence-electron chi connectivity index (χ1n) is 8.17. The number of methoxy groups -OCH3 is 1. The van der Waals surface area contributed by atoms with Gasteiger partial charge in [-0.2, -0.15) is 4.98 Å². The second-order valence-electron chi connectivity index (χ2n) is 5.93. The van der Waals surface area contributed by atoms with E-state index in [4.69, 9.17) is 9.47 Å². The predicted molar refractivity (Wildman–Crippen MR) is 113 cm³/mol. The first-order valence-corrected chi connectivity index (χ1v) is 11.0. The molecule has 3 aromatic rings. The van der Waals surface area contributed by atoms with E-state index in [0.29, 0.717) is 23.2 Å². The standard InChI is InChI=1S/C19H15Br2N3O2S/c1-25-17-13(8-11(20)9-14(17)21)15-7-10-5-3-4-6-12(10)16-18(26-15)22-19(27-2)24-23-16/h3-6,8-9,15H,7H2,1-2H3. The van der Waals surface area contributed by atoms with E-state index >= 15 is 0 Å². The van der Waals surface area contributed by atoms with Crippen molar-refractivity contribution in [1.82, 2.24) is 15.2 Å². The van der Waals surface area contributed by atoms with Gasteiger partial charge < -0.3 is 9.47 Å². The van der Waals surface area contributed by atoms with Crippen LogP contribution in [0.4, 0.5) is 0 Å². The van der Waals surface area contributed by atoms with Crippen LogP contribution in [-0.4, -0.2) is 28.5 Å². The van der Waals surface area contributed by atoms with E-state index in [1.807, 2.05) is 36.6 Å². The molecule has 1 unspecified atom stereocenters. The Morgan fingerprint density at radius 3 is 2.78 bits per heavy atom. The molecule has 1 aromatic heterocycles. The van der Waals surface area contributed by atoms with Gasteiger partial charge >= 0.3 is 0 Å². The molecule has 27 heavy (non-hydrogen) atoms. The molecular formula is C19H15Br2N3O2S. The Bertz CT molecular complexity index is 1020. The van der Waals surface area contributed by atoms with Gasteiger partial charge in [-0.3, -0.25) is 0 Å². The molecule has 0 N–H and O–H groups in total. The largest absolute Gasteiger partial charge is 0.495 e.